The summed E-state index contributed by atoms with van der Waals surface area (Å²) in [5.74, 6) is 0. The van der Waals surface area contributed by atoms with Gasteiger partial charge in [0.05, 0.1) is 5.41 Å². The molecule has 0 fully saturated rings. The molecular weight excluding hydrogens is 237 g/mol. The molecule has 18 heavy (non-hydrogen) atoms. The standard InChI is InChI=1S/C15H27F3/c1-12(2,3)9-8-10-14(7,15(16,17)18)11-13(4,5)6/h8-9H,10-11H2,1-7H3/b9-8+/t14-/m0/s1. The van der Waals surface area contributed by atoms with Gasteiger partial charge in [-0.1, -0.05) is 60.6 Å². The quantitative estimate of drug-likeness (QED) is 0.550. The van der Waals surface area contributed by atoms with Gasteiger partial charge in [-0.3, -0.25) is 0 Å². The molecule has 0 amide bonds. The van der Waals surface area contributed by atoms with Crippen molar-refractivity contribution in [1.29, 1.82) is 0 Å². The zero-order valence-corrected chi connectivity index (χ0v) is 12.7. The average molecular weight is 264 g/mol. The summed E-state index contributed by atoms with van der Waals surface area (Å²) in [5, 5.41) is 0. The lowest BCUT2D eigenvalue weighted by Gasteiger charge is -2.36. The molecule has 0 aliphatic carbocycles. The van der Waals surface area contributed by atoms with Crippen LogP contribution < -0.4 is 0 Å². The minimum absolute atomic E-state index is 0.0467. The Hall–Kier alpha value is -0.470. The smallest absolute Gasteiger partial charge is 0.171 e. The third kappa shape index (κ3) is 6.46. The van der Waals surface area contributed by atoms with Crippen molar-refractivity contribution in [2.75, 3.05) is 0 Å². The summed E-state index contributed by atoms with van der Waals surface area (Å²) in [4.78, 5) is 0. The van der Waals surface area contributed by atoms with Crippen LogP contribution in [0.4, 0.5) is 13.2 Å². The predicted octanol–water partition coefficient (Wildman–Crippen LogP) is 5.98. The van der Waals surface area contributed by atoms with E-state index in [-0.39, 0.29) is 23.7 Å². The van der Waals surface area contributed by atoms with Crippen LogP contribution >= 0.6 is 0 Å². The van der Waals surface area contributed by atoms with Gasteiger partial charge < -0.3 is 0 Å². The molecule has 0 aliphatic rings. The van der Waals surface area contributed by atoms with Gasteiger partial charge in [0.25, 0.3) is 0 Å². The van der Waals surface area contributed by atoms with Gasteiger partial charge in [0.1, 0.15) is 0 Å². The van der Waals surface area contributed by atoms with Crippen LogP contribution in [0.25, 0.3) is 0 Å². The van der Waals surface area contributed by atoms with Crippen molar-refractivity contribution in [2.45, 2.75) is 67.5 Å². The third-order valence-corrected chi connectivity index (χ3v) is 2.79. The first-order valence-corrected chi connectivity index (χ1v) is 6.41. The number of halogens is 3. The topological polar surface area (TPSA) is 0 Å². The fourth-order valence-electron chi connectivity index (χ4n) is 2.13. The van der Waals surface area contributed by atoms with Gasteiger partial charge in [-0.25, -0.2) is 0 Å². The number of allylic oxidation sites excluding steroid dienone is 2. The Balaban J connectivity index is 4.98. The molecule has 0 saturated carbocycles. The summed E-state index contributed by atoms with van der Waals surface area (Å²) in [5.41, 5.74) is -2.05. The summed E-state index contributed by atoms with van der Waals surface area (Å²) < 4.78 is 39.7. The van der Waals surface area contributed by atoms with Crippen LogP contribution in [-0.2, 0) is 0 Å². The molecule has 0 unspecified atom stereocenters. The Bertz CT molecular complexity index is 286. The van der Waals surface area contributed by atoms with E-state index in [2.05, 4.69) is 0 Å². The van der Waals surface area contributed by atoms with Crippen molar-refractivity contribution in [3.63, 3.8) is 0 Å². The predicted molar refractivity (Wildman–Crippen MR) is 71.4 cm³/mol. The number of hydrogen-bond donors (Lipinski definition) is 0. The fourth-order valence-corrected chi connectivity index (χ4v) is 2.13. The molecule has 0 aromatic carbocycles. The Morgan fingerprint density at radius 1 is 0.833 bits per heavy atom. The van der Waals surface area contributed by atoms with E-state index in [1.165, 1.54) is 6.92 Å². The minimum Gasteiger partial charge on any atom is -0.171 e. The Morgan fingerprint density at radius 2 is 1.28 bits per heavy atom. The maximum Gasteiger partial charge on any atom is 0.394 e. The summed E-state index contributed by atoms with van der Waals surface area (Å²) >= 11 is 0. The van der Waals surface area contributed by atoms with Crippen LogP contribution in [0.5, 0.6) is 0 Å². The monoisotopic (exact) mass is 264 g/mol. The fraction of sp³-hybridized carbons (Fsp3) is 0.867. The highest BCUT2D eigenvalue weighted by atomic mass is 19.4. The molecule has 0 aromatic heterocycles. The highest BCUT2D eigenvalue weighted by Gasteiger charge is 2.51. The van der Waals surface area contributed by atoms with E-state index < -0.39 is 11.6 Å². The molecule has 108 valence electrons. The van der Waals surface area contributed by atoms with Crippen molar-refractivity contribution in [1.82, 2.24) is 0 Å². The normalized spacial score (nSPS) is 18.1. The summed E-state index contributed by atoms with van der Waals surface area (Å²) in [7, 11) is 0. The van der Waals surface area contributed by atoms with E-state index in [0.717, 1.165) is 0 Å². The van der Waals surface area contributed by atoms with E-state index >= 15 is 0 Å². The van der Waals surface area contributed by atoms with E-state index in [9.17, 15) is 13.2 Å². The molecule has 3 heteroatoms. The Kier molecular flexibility index (Phi) is 5.12. The van der Waals surface area contributed by atoms with Crippen LogP contribution in [0, 0.1) is 16.2 Å². The molecule has 0 aliphatic heterocycles. The third-order valence-electron chi connectivity index (χ3n) is 2.79. The Labute approximate surface area is 110 Å². The van der Waals surface area contributed by atoms with Crippen molar-refractivity contribution < 1.29 is 13.2 Å². The van der Waals surface area contributed by atoms with E-state index in [0.29, 0.717) is 0 Å². The zero-order valence-electron chi connectivity index (χ0n) is 12.7. The van der Waals surface area contributed by atoms with Crippen molar-refractivity contribution in [3.8, 4) is 0 Å². The summed E-state index contributed by atoms with van der Waals surface area (Å²) in [6, 6.07) is 0. The van der Waals surface area contributed by atoms with Gasteiger partial charge >= 0.3 is 6.18 Å². The molecule has 0 N–H and O–H groups in total. The molecule has 0 nitrogen and oxygen atoms in total. The second-order valence-electron chi connectivity index (χ2n) is 7.77. The molecule has 0 radical (unpaired) electrons. The molecule has 0 aromatic rings. The Morgan fingerprint density at radius 3 is 1.56 bits per heavy atom. The zero-order chi connectivity index (χ0) is 14.8. The van der Waals surface area contributed by atoms with Gasteiger partial charge in [-0.15, -0.1) is 0 Å². The summed E-state index contributed by atoms with van der Waals surface area (Å²) in [6.07, 6.45) is -0.440. The van der Waals surface area contributed by atoms with Crippen molar-refractivity contribution >= 4 is 0 Å². The van der Waals surface area contributed by atoms with Gasteiger partial charge in [0.2, 0.25) is 0 Å². The lowest BCUT2D eigenvalue weighted by molar-refractivity contribution is -0.226. The average Bonchev–Trinajstić information content (AvgIpc) is 1.94. The highest BCUT2D eigenvalue weighted by Crippen LogP contribution is 2.48. The molecule has 0 saturated heterocycles. The first-order valence-electron chi connectivity index (χ1n) is 6.41. The number of rotatable bonds is 3. The van der Waals surface area contributed by atoms with Crippen molar-refractivity contribution in [2.24, 2.45) is 16.2 Å². The second-order valence-corrected chi connectivity index (χ2v) is 7.77. The van der Waals surface area contributed by atoms with Crippen LogP contribution in [0.15, 0.2) is 12.2 Å². The van der Waals surface area contributed by atoms with Gasteiger partial charge in [0, 0.05) is 0 Å². The maximum atomic E-state index is 13.2. The lowest BCUT2D eigenvalue weighted by atomic mass is 9.72. The van der Waals surface area contributed by atoms with Crippen LogP contribution in [-0.4, -0.2) is 6.18 Å². The van der Waals surface area contributed by atoms with E-state index in [1.807, 2.05) is 47.6 Å². The lowest BCUT2D eigenvalue weighted by Crippen LogP contribution is -2.38. The minimum atomic E-state index is -4.16. The van der Waals surface area contributed by atoms with Gasteiger partial charge in [-0.2, -0.15) is 13.2 Å². The maximum absolute atomic E-state index is 13.2. The first-order chi connectivity index (χ1) is 7.66. The van der Waals surface area contributed by atoms with E-state index in [1.54, 1.807) is 6.08 Å². The van der Waals surface area contributed by atoms with Gasteiger partial charge in [0.15, 0.2) is 0 Å². The number of hydrogen-bond acceptors (Lipinski definition) is 0. The second kappa shape index (κ2) is 5.26. The molecule has 0 bridgehead atoms. The highest BCUT2D eigenvalue weighted by molar-refractivity contribution is 4.98. The summed E-state index contributed by atoms with van der Waals surface area (Å²) in [6.45, 7) is 12.8. The SMILES string of the molecule is CC(C)(C)/C=C/C[C@@](C)(CC(C)(C)C)C(F)(F)F. The van der Waals surface area contributed by atoms with Gasteiger partial charge in [-0.05, 0) is 23.7 Å². The van der Waals surface area contributed by atoms with Crippen LogP contribution in [0.2, 0.25) is 0 Å². The molecule has 0 spiro atoms. The largest absolute Gasteiger partial charge is 0.394 e. The van der Waals surface area contributed by atoms with Crippen LogP contribution in [0.3, 0.4) is 0 Å². The molecule has 1 atom stereocenters. The molecule has 0 heterocycles. The van der Waals surface area contributed by atoms with Crippen molar-refractivity contribution in [3.05, 3.63) is 12.2 Å². The van der Waals surface area contributed by atoms with Crippen LogP contribution in [0.1, 0.15) is 61.3 Å². The van der Waals surface area contributed by atoms with E-state index in [4.69, 9.17) is 0 Å². The molecular formula is C15H27F3. The molecule has 0 rings (SSSR count). The number of alkyl halides is 3. The first kappa shape index (κ1) is 17.5.